The molecular formula is C22H26N2O2. The van der Waals surface area contributed by atoms with Crippen molar-refractivity contribution in [3.63, 3.8) is 0 Å². The minimum Gasteiger partial charge on any atom is -0.338 e. The molecule has 0 bridgehead atoms. The Kier molecular flexibility index (Phi) is 5.71. The summed E-state index contributed by atoms with van der Waals surface area (Å²) in [5.74, 6) is 0.452. The molecule has 0 aromatic heterocycles. The van der Waals surface area contributed by atoms with Crippen LogP contribution in [0.2, 0.25) is 0 Å². The lowest BCUT2D eigenvalue weighted by molar-refractivity contribution is 0.0682. The van der Waals surface area contributed by atoms with Crippen LogP contribution in [0.3, 0.4) is 0 Å². The first kappa shape index (κ1) is 18.2. The van der Waals surface area contributed by atoms with Crippen molar-refractivity contribution in [2.45, 2.75) is 33.1 Å². The Hall–Kier alpha value is -2.62. The second-order valence-electron chi connectivity index (χ2n) is 7.04. The van der Waals surface area contributed by atoms with Crippen molar-refractivity contribution < 1.29 is 9.59 Å². The highest BCUT2D eigenvalue weighted by molar-refractivity contribution is 6.05. The van der Waals surface area contributed by atoms with Gasteiger partial charge in [0.2, 0.25) is 0 Å². The van der Waals surface area contributed by atoms with Crippen LogP contribution in [0.1, 0.15) is 53.0 Å². The van der Waals surface area contributed by atoms with Crippen molar-refractivity contribution in [3.8, 4) is 0 Å². The number of aryl methyl sites for hydroxylation is 1. The fraction of sp³-hybridized carbons (Fsp3) is 0.364. The molecule has 2 aromatic carbocycles. The second kappa shape index (κ2) is 8.17. The lowest BCUT2D eigenvalue weighted by atomic mass is 9.99. The molecule has 4 heteroatoms. The van der Waals surface area contributed by atoms with Gasteiger partial charge in [-0.05, 0) is 61.1 Å². The molecule has 0 aliphatic carbocycles. The van der Waals surface area contributed by atoms with Gasteiger partial charge < -0.3 is 10.2 Å². The van der Waals surface area contributed by atoms with E-state index in [2.05, 4.69) is 19.2 Å². The average Bonchev–Trinajstić information content (AvgIpc) is 2.68. The van der Waals surface area contributed by atoms with Gasteiger partial charge in [-0.2, -0.15) is 0 Å². The molecule has 0 radical (unpaired) electrons. The van der Waals surface area contributed by atoms with Gasteiger partial charge in [0, 0.05) is 29.9 Å². The zero-order chi connectivity index (χ0) is 18.5. The van der Waals surface area contributed by atoms with Crippen molar-refractivity contribution in [2.24, 2.45) is 5.92 Å². The Balaban J connectivity index is 1.69. The van der Waals surface area contributed by atoms with E-state index in [9.17, 15) is 9.59 Å². The lowest BCUT2D eigenvalue weighted by Crippen LogP contribution is -2.39. The minimum atomic E-state index is -0.156. The normalized spacial score (nSPS) is 17.0. The van der Waals surface area contributed by atoms with Crippen LogP contribution in [-0.4, -0.2) is 29.8 Å². The minimum absolute atomic E-state index is 0.0554. The van der Waals surface area contributed by atoms with Gasteiger partial charge in [0.1, 0.15) is 0 Å². The predicted octanol–water partition coefficient (Wildman–Crippen LogP) is 4.37. The largest absolute Gasteiger partial charge is 0.338 e. The summed E-state index contributed by atoms with van der Waals surface area (Å²) >= 11 is 0. The number of nitrogens with zero attached hydrogens (tertiary/aromatic N) is 1. The van der Waals surface area contributed by atoms with Crippen LogP contribution in [0.25, 0.3) is 0 Å². The van der Waals surface area contributed by atoms with Gasteiger partial charge in [-0.3, -0.25) is 9.59 Å². The molecule has 1 aliphatic rings. The molecular weight excluding hydrogens is 324 g/mol. The van der Waals surface area contributed by atoms with Gasteiger partial charge in [-0.25, -0.2) is 0 Å². The number of anilines is 1. The molecule has 1 heterocycles. The van der Waals surface area contributed by atoms with E-state index in [-0.39, 0.29) is 11.8 Å². The third kappa shape index (κ3) is 4.13. The molecule has 4 nitrogen and oxygen atoms in total. The van der Waals surface area contributed by atoms with Crippen molar-refractivity contribution in [2.75, 3.05) is 18.4 Å². The summed E-state index contributed by atoms with van der Waals surface area (Å²) in [5.41, 5.74) is 3.14. The lowest BCUT2D eigenvalue weighted by Gasteiger charge is -2.31. The standard InChI is InChI=1S/C22H26N2O2/c1-3-17-8-4-5-9-20(17)23-21(25)18-10-12-19(13-11-18)22(26)24-14-6-7-16(2)15-24/h4-5,8-13,16H,3,6-7,14-15H2,1-2H3,(H,23,25). The number of benzene rings is 2. The number of likely N-dealkylation sites (tertiary alicyclic amines) is 1. The Morgan fingerprint density at radius 1 is 1.08 bits per heavy atom. The van der Waals surface area contributed by atoms with Crippen LogP contribution >= 0.6 is 0 Å². The van der Waals surface area contributed by atoms with Crippen LogP contribution in [0.5, 0.6) is 0 Å². The number of amides is 2. The van der Waals surface area contributed by atoms with Gasteiger partial charge in [-0.15, -0.1) is 0 Å². The molecule has 2 amide bonds. The summed E-state index contributed by atoms with van der Waals surface area (Å²) < 4.78 is 0. The molecule has 1 aliphatic heterocycles. The van der Waals surface area contributed by atoms with E-state index in [0.717, 1.165) is 37.2 Å². The van der Waals surface area contributed by atoms with Crippen LogP contribution in [-0.2, 0) is 6.42 Å². The van der Waals surface area contributed by atoms with Gasteiger partial charge >= 0.3 is 0 Å². The van der Waals surface area contributed by atoms with Gasteiger partial charge in [0.15, 0.2) is 0 Å². The highest BCUT2D eigenvalue weighted by Gasteiger charge is 2.22. The van der Waals surface area contributed by atoms with Crippen molar-refractivity contribution in [1.29, 1.82) is 0 Å². The highest BCUT2D eigenvalue weighted by Crippen LogP contribution is 2.19. The van der Waals surface area contributed by atoms with Crippen LogP contribution in [0.15, 0.2) is 48.5 Å². The topological polar surface area (TPSA) is 49.4 Å². The number of nitrogens with one attached hydrogen (secondary N) is 1. The number of piperidine rings is 1. The number of carbonyl (C=O) groups excluding carboxylic acids is 2. The molecule has 1 saturated heterocycles. The number of carbonyl (C=O) groups is 2. The zero-order valence-electron chi connectivity index (χ0n) is 15.5. The number of hydrogen-bond acceptors (Lipinski definition) is 2. The molecule has 3 rings (SSSR count). The summed E-state index contributed by atoms with van der Waals surface area (Å²) in [6.45, 7) is 5.88. The maximum absolute atomic E-state index is 12.6. The first-order valence-electron chi connectivity index (χ1n) is 9.37. The number of rotatable bonds is 4. The average molecular weight is 350 g/mol. The molecule has 1 fully saturated rings. The molecule has 136 valence electrons. The van der Waals surface area contributed by atoms with Crippen LogP contribution < -0.4 is 5.32 Å². The molecule has 1 N–H and O–H groups in total. The Morgan fingerprint density at radius 2 is 1.77 bits per heavy atom. The molecule has 1 unspecified atom stereocenters. The van der Waals surface area contributed by atoms with E-state index in [0.29, 0.717) is 17.0 Å². The third-order valence-electron chi connectivity index (χ3n) is 4.98. The Bertz CT molecular complexity index is 783. The third-order valence-corrected chi connectivity index (χ3v) is 4.98. The van der Waals surface area contributed by atoms with Crippen LogP contribution in [0, 0.1) is 5.92 Å². The van der Waals surface area contributed by atoms with E-state index in [4.69, 9.17) is 0 Å². The van der Waals surface area contributed by atoms with Gasteiger partial charge in [0.25, 0.3) is 11.8 Å². The fourth-order valence-corrected chi connectivity index (χ4v) is 3.47. The van der Waals surface area contributed by atoms with Gasteiger partial charge in [0.05, 0.1) is 0 Å². The van der Waals surface area contributed by atoms with Gasteiger partial charge in [-0.1, -0.05) is 32.0 Å². The fourth-order valence-electron chi connectivity index (χ4n) is 3.47. The van der Waals surface area contributed by atoms with E-state index in [1.54, 1.807) is 24.3 Å². The second-order valence-corrected chi connectivity index (χ2v) is 7.04. The quantitative estimate of drug-likeness (QED) is 0.890. The first-order valence-corrected chi connectivity index (χ1v) is 9.37. The summed E-state index contributed by atoms with van der Waals surface area (Å²) in [6, 6.07) is 14.8. The SMILES string of the molecule is CCc1ccccc1NC(=O)c1ccc(C(=O)N2CCCC(C)C2)cc1. The highest BCUT2D eigenvalue weighted by atomic mass is 16.2. The molecule has 2 aromatic rings. The molecule has 1 atom stereocenters. The van der Waals surface area contributed by atoms with Crippen LogP contribution in [0.4, 0.5) is 5.69 Å². The number of hydrogen-bond donors (Lipinski definition) is 1. The van der Waals surface area contributed by atoms with Crippen molar-refractivity contribution >= 4 is 17.5 Å². The van der Waals surface area contributed by atoms with E-state index in [1.165, 1.54) is 6.42 Å². The van der Waals surface area contributed by atoms with E-state index in [1.807, 2.05) is 29.2 Å². The zero-order valence-corrected chi connectivity index (χ0v) is 15.5. The van der Waals surface area contributed by atoms with Crippen molar-refractivity contribution in [3.05, 3.63) is 65.2 Å². The predicted molar refractivity (Wildman–Crippen MR) is 105 cm³/mol. The summed E-state index contributed by atoms with van der Waals surface area (Å²) in [5, 5.41) is 2.96. The smallest absolute Gasteiger partial charge is 0.255 e. The maximum atomic E-state index is 12.6. The molecule has 0 saturated carbocycles. The number of para-hydroxylation sites is 1. The summed E-state index contributed by atoms with van der Waals surface area (Å²) in [6.07, 6.45) is 3.10. The Labute approximate surface area is 155 Å². The molecule has 26 heavy (non-hydrogen) atoms. The molecule has 0 spiro atoms. The van der Waals surface area contributed by atoms with E-state index >= 15 is 0 Å². The summed E-state index contributed by atoms with van der Waals surface area (Å²) in [4.78, 5) is 27.0. The maximum Gasteiger partial charge on any atom is 0.255 e. The monoisotopic (exact) mass is 350 g/mol. The summed E-state index contributed by atoms with van der Waals surface area (Å²) in [7, 11) is 0. The van der Waals surface area contributed by atoms with E-state index < -0.39 is 0 Å². The first-order chi connectivity index (χ1) is 12.6. The Morgan fingerprint density at radius 3 is 2.46 bits per heavy atom. The van der Waals surface area contributed by atoms with Crippen molar-refractivity contribution in [1.82, 2.24) is 4.90 Å².